The minimum atomic E-state index is -0.887. The molecule has 7 nitrogen and oxygen atoms in total. The van der Waals surface area contributed by atoms with Gasteiger partial charge >= 0.3 is 5.97 Å². The average molecular weight is 402 g/mol. The lowest BCUT2D eigenvalue weighted by molar-refractivity contribution is 0.0526. The van der Waals surface area contributed by atoms with Crippen molar-refractivity contribution in [1.29, 1.82) is 0 Å². The van der Waals surface area contributed by atoms with Crippen LogP contribution in [0.4, 0.5) is 0 Å². The summed E-state index contributed by atoms with van der Waals surface area (Å²) in [5, 5.41) is 10.9. The van der Waals surface area contributed by atoms with Crippen LogP contribution in [0.3, 0.4) is 0 Å². The molecule has 0 bridgehead atoms. The molecule has 0 radical (unpaired) electrons. The second kappa shape index (κ2) is 8.53. The van der Waals surface area contributed by atoms with E-state index < -0.39 is 12.1 Å². The van der Waals surface area contributed by atoms with E-state index in [1.807, 2.05) is 13.8 Å². The van der Waals surface area contributed by atoms with E-state index in [-0.39, 0.29) is 18.7 Å². The number of aryl methyl sites for hydroxylation is 2. The Morgan fingerprint density at radius 1 is 1.29 bits per heavy atom. The lowest BCUT2D eigenvalue weighted by Crippen LogP contribution is -2.30. The van der Waals surface area contributed by atoms with Crippen molar-refractivity contribution in [3.63, 3.8) is 0 Å². The highest BCUT2D eigenvalue weighted by atomic mass is 32.1. The lowest BCUT2D eigenvalue weighted by Gasteiger charge is -2.14. The zero-order chi connectivity index (χ0) is 20.3. The first-order chi connectivity index (χ1) is 13.4. The molecule has 1 N–H and O–H groups in total. The summed E-state index contributed by atoms with van der Waals surface area (Å²) >= 11 is 1.49. The molecule has 0 saturated heterocycles. The smallest absolute Gasteiger partial charge is 0.338 e. The summed E-state index contributed by atoms with van der Waals surface area (Å²) in [6.07, 6.45) is 0.568. The maximum atomic E-state index is 12.7. The number of carbonyl (C=O) groups is 1. The number of aliphatic hydroxyl groups is 1. The fourth-order valence-corrected chi connectivity index (χ4v) is 3.76. The Morgan fingerprint density at radius 2 is 2.00 bits per heavy atom. The molecule has 2 aromatic heterocycles. The Balaban J connectivity index is 1.63. The molecule has 3 aromatic rings. The molecule has 0 saturated carbocycles. The van der Waals surface area contributed by atoms with E-state index in [1.54, 1.807) is 31.2 Å². The number of carbonyl (C=O) groups excluding carboxylic acids is 1. The summed E-state index contributed by atoms with van der Waals surface area (Å²) < 4.78 is 11.9. The molecule has 148 valence electrons. The Labute approximate surface area is 166 Å². The van der Waals surface area contributed by atoms with Gasteiger partial charge in [0, 0.05) is 4.88 Å². The highest BCUT2D eigenvalue weighted by molar-refractivity contribution is 7.18. The second-order valence-corrected chi connectivity index (χ2v) is 7.58. The number of benzene rings is 1. The third kappa shape index (κ3) is 4.23. The van der Waals surface area contributed by atoms with Crippen molar-refractivity contribution in [3.8, 4) is 5.75 Å². The molecule has 0 spiro atoms. The molecule has 3 rings (SSSR count). The van der Waals surface area contributed by atoms with Crippen LogP contribution in [0, 0.1) is 13.8 Å². The number of aromatic nitrogens is 2. The molecule has 28 heavy (non-hydrogen) atoms. The fraction of sp³-hybridized carbons (Fsp3) is 0.350. The van der Waals surface area contributed by atoms with E-state index in [9.17, 15) is 14.7 Å². The first-order valence-corrected chi connectivity index (χ1v) is 9.75. The number of hydrogen-bond donors (Lipinski definition) is 1. The van der Waals surface area contributed by atoms with E-state index in [2.05, 4.69) is 4.98 Å². The third-order valence-corrected chi connectivity index (χ3v) is 5.49. The number of thiophene rings is 1. The molecule has 0 amide bonds. The highest BCUT2D eigenvalue weighted by Gasteiger charge is 2.14. The zero-order valence-corrected chi connectivity index (χ0v) is 16.8. The van der Waals surface area contributed by atoms with Crippen LogP contribution >= 0.6 is 11.3 Å². The highest BCUT2D eigenvalue weighted by Crippen LogP contribution is 2.25. The van der Waals surface area contributed by atoms with Gasteiger partial charge in [0.2, 0.25) is 0 Å². The molecule has 1 aromatic carbocycles. The van der Waals surface area contributed by atoms with E-state index in [0.717, 1.165) is 10.4 Å². The van der Waals surface area contributed by atoms with Crippen molar-refractivity contribution in [3.05, 3.63) is 57.0 Å². The predicted molar refractivity (Wildman–Crippen MR) is 107 cm³/mol. The summed E-state index contributed by atoms with van der Waals surface area (Å²) in [4.78, 5) is 30.4. The first kappa shape index (κ1) is 20.0. The van der Waals surface area contributed by atoms with Gasteiger partial charge in [-0.3, -0.25) is 9.36 Å². The van der Waals surface area contributed by atoms with Gasteiger partial charge in [-0.2, -0.15) is 0 Å². The fourth-order valence-electron chi connectivity index (χ4n) is 2.77. The van der Waals surface area contributed by atoms with Crippen LogP contribution in [-0.4, -0.2) is 39.9 Å². The van der Waals surface area contributed by atoms with Gasteiger partial charge in [-0.05, 0) is 50.6 Å². The van der Waals surface area contributed by atoms with E-state index in [4.69, 9.17) is 9.47 Å². The summed E-state index contributed by atoms with van der Waals surface area (Å²) in [5.41, 5.74) is 1.20. The first-order valence-electron chi connectivity index (χ1n) is 8.94. The SMILES string of the molecule is CCOC(=O)c1ccc(OCC(O)Cn2cnc3sc(C)c(C)c3c2=O)cc1. The summed E-state index contributed by atoms with van der Waals surface area (Å²) in [6.45, 7) is 6.01. The Hall–Kier alpha value is -2.71. The molecule has 1 atom stereocenters. The van der Waals surface area contributed by atoms with Crippen molar-refractivity contribution in [2.24, 2.45) is 0 Å². The molecule has 0 aliphatic heterocycles. The van der Waals surface area contributed by atoms with Crippen molar-refractivity contribution in [2.75, 3.05) is 13.2 Å². The monoisotopic (exact) mass is 402 g/mol. The van der Waals surface area contributed by atoms with Gasteiger partial charge in [0.05, 0.1) is 30.4 Å². The van der Waals surface area contributed by atoms with Crippen LogP contribution in [0.2, 0.25) is 0 Å². The number of ether oxygens (including phenoxy) is 2. The van der Waals surface area contributed by atoms with Crippen molar-refractivity contribution in [2.45, 2.75) is 33.4 Å². The second-order valence-electron chi connectivity index (χ2n) is 6.38. The van der Waals surface area contributed by atoms with Gasteiger partial charge in [0.25, 0.3) is 5.56 Å². The van der Waals surface area contributed by atoms with Gasteiger partial charge in [-0.25, -0.2) is 9.78 Å². The van der Waals surface area contributed by atoms with Crippen molar-refractivity contribution in [1.82, 2.24) is 9.55 Å². The molecule has 0 fully saturated rings. The zero-order valence-electron chi connectivity index (χ0n) is 16.0. The van der Waals surface area contributed by atoms with E-state index in [0.29, 0.717) is 28.1 Å². The number of aliphatic hydroxyl groups excluding tert-OH is 1. The Bertz CT molecular complexity index is 1040. The van der Waals surface area contributed by atoms with Crippen molar-refractivity contribution >= 4 is 27.5 Å². The van der Waals surface area contributed by atoms with Crippen LogP contribution < -0.4 is 10.3 Å². The standard InChI is InChI=1S/C20H22N2O5S/c1-4-26-20(25)14-5-7-16(8-6-14)27-10-15(23)9-22-11-21-18-17(19(22)24)12(2)13(3)28-18/h5-8,11,15,23H,4,9-10H2,1-3H3. The minimum Gasteiger partial charge on any atom is -0.491 e. The number of esters is 1. The normalized spacial score (nSPS) is 12.1. The van der Waals surface area contributed by atoms with Gasteiger partial charge in [0.15, 0.2) is 0 Å². The molecular weight excluding hydrogens is 380 g/mol. The van der Waals surface area contributed by atoms with E-state index in [1.165, 1.54) is 22.2 Å². The summed E-state index contributed by atoms with van der Waals surface area (Å²) in [5.74, 6) is 0.118. The Kier molecular flexibility index (Phi) is 6.11. The number of nitrogens with zero attached hydrogens (tertiary/aromatic N) is 2. The maximum Gasteiger partial charge on any atom is 0.338 e. The van der Waals surface area contributed by atoms with Crippen LogP contribution in [0.15, 0.2) is 35.4 Å². The quantitative estimate of drug-likeness (QED) is 0.611. The number of rotatable bonds is 7. The summed E-state index contributed by atoms with van der Waals surface area (Å²) in [7, 11) is 0. The number of hydrogen-bond acceptors (Lipinski definition) is 7. The molecule has 2 heterocycles. The topological polar surface area (TPSA) is 90.7 Å². The van der Waals surface area contributed by atoms with Gasteiger partial charge in [-0.1, -0.05) is 0 Å². The predicted octanol–water partition coefficient (Wildman–Crippen LogP) is 2.69. The van der Waals surface area contributed by atoms with Crippen LogP contribution in [0.1, 0.15) is 27.7 Å². The van der Waals surface area contributed by atoms with Gasteiger partial charge in [-0.15, -0.1) is 11.3 Å². The third-order valence-electron chi connectivity index (χ3n) is 4.37. The maximum absolute atomic E-state index is 12.7. The summed E-state index contributed by atoms with van der Waals surface area (Å²) in [6, 6.07) is 6.47. The molecule has 1 unspecified atom stereocenters. The van der Waals surface area contributed by atoms with Gasteiger partial charge in [0.1, 0.15) is 23.3 Å². The van der Waals surface area contributed by atoms with Crippen LogP contribution in [-0.2, 0) is 11.3 Å². The van der Waals surface area contributed by atoms with Crippen LogP contribution in [0.25, 0.3) is 10.2 Å². The largest absolute Gasteiger partial charge is 0.491 e. The average Bonchev–Trinajstić information content (AvgIpc) is 2.97. The minimum absolute atomic E-state index is 0.00484. The molecule has 8 heteroatoms. The van der Waals surface area contributed by atoms with Crippen LogP contribution in [0.5, 0.6) is 5.75 Å². The lowest BCUT2D eigenvalue weighted by atomic mass is 10.2. The molecule has 0 aliphatic rings. The van der Waals surface area contributed by atoms with E-state index >= 15 is 0 Å². The number of fused-ring (bicyclic) bond motifs is 1. The van der Waals surface area contributed by atoms with Gasteiger partial charge < -0.3 is 14.6 Å². The Morgan fingerprint density at radius 3 is 2.68 bits per heavy atom. The molecule has 0 aliphatic carbocycles. The van der Waals surface area contributed by atoms with Crippen molar-refractivity contribution < 1.29 is 19.4 Å². The molecular formula is C20H22N2O5S.